The van der Waals surface area contributed by atoms with Crippen LogP contribution in [0.3, 0.4) is 0 Å². The summed E-state index contributed by atoms with van der Waals surface area (Å²) >= 11 is 0.931. The molecular weight excluding hydrogens is 454 g/mol. The van der Waals surface area contributed by atoms with Crippen LogP contribution in [0.1, 0.15) is 26.3 Å². The Balaban J connectivity index is 2.72. The quantitative estimate of drug-likeness (QED) is 0.313. The molecule has 0 radical (unpaired) electrons. The van der Waals surface area contributed by atoms with Crippen LogP contribution in [0.2, 0.25) is 0 Å². The maximum absolute atomic E-state index is 13.1. The molecule has 0 bridgehead atoms. The van der Waals surface area contributed by atoms with Crippen molar-refractivity contribution in [3.63, 3.8) is 0 Å². The highest BCUT2D eigenvalue weighted by atomic mass is 32.1. The van der Waals surface area contributed by atoms with Crippen molar-refractivity contribution in [1.82, 2.24) is 9.47 Å². The van der Waals surface area contributed by atoms with Gasteiger partial charge in [0.2, 0.25) is 11.7 Å². The summed E-state index contributed by atoms with van der Waals surface area (Å²) in [5, 5.41) is 21.2. The minimum Gasteiger partial charge on any atom is -0.500 e. The average Bonchev–Trinajstić information content (AvgIpc) is 3.04. The standard InChI is InChI=1S/C21H25N3O8S/c1-5-22(6-2)17(25)12-23-18(11-19(26)32-7-3)33-16(21(23)28)10-13-8-14(24(29)30)20(27)15(9-13)31-4/h8-11,27H,5-7,12H2,1-4H3/b16-10-,18-11-. The average molecular weight is 480 g/mol. The fourth-order valence-corrected chi connectivity index (χ4v) is 4.06. The number of likely N-dealkylation sites (N-methyl/N-ethyl adjacent to an activating group) is 1. The molecule has 2 rings (SSSR count). The molecule has 0 aliphatic heterocycles. The number of amides is 1. The molecule has 1 heterocycles. The lowest BCUT2D eigenvalue weighted by molar-refractivity contribution is -0.386. The van der Waals surface area contributed by atoms with Crippen LogP contribution in [-0.2, 0) is 20.9 Å². The molecule has 1 aromatic carbocycles. The summed E-state index contributed by atoms with van der Waals surface area (Å²) in [6.07, 6.45) is 2.49. The van der Waals surface area contributed by atoms with E-state index in [1.54, 1.807) is 11.8 Å². The summed E-state index contributed by atoms with van der Waals surface area (Å²) in [5.41, 5.74) is -0.919. The van der Waals surface area contributed by atoms with E-state index in [2.05, 4.69) is 0 Å². The maximum Gasteiger partial charge on any atom is 0.333 e. The van der Waals surface area contributed by atoms with E-state index in [1.807, 2.05) is 13.8 Å². The molecule has 1 amide bonds. The highest BCUT2D eigenvalue weighted by molar-refractivity contribution is 7.07. The summed E-state index contributed by atoms with van der Waals surface area (Å²) in [6, 6.07) is 2.43. The number of esters is 1. The largest absolute Gasteiger partial charge is 0.500 e. The van der Waals surface area contributed by atoms with E-state index in [1.165, 1.54) is 23.8 Å². The maximum atomic E-state index is 13.1. The predicted molar refractivity (Wildman–Crippen MR) is 122 cm³/mol. The molecule has 0 saturated heterocycles. The number of carbonyl (C=O) groups excluding carboxylic acids is 2. The molecule has 1 N–H and O–H groups in total. The molecule has 2 aromatic rings. The normalized spacial score (nSPS) is 12.0. The molecule has 11 nitrogen and oxygen atoms in total. The lowest BCUT2D eigenvalue weighted by Crippen LogP contribution is -2.40. The summed E-state index contributed by atoms with van der Waals surface area (Å²) in [5.74, 6) is -1.74. The third kappa shape index (κ3) is 5.98. The zero-order valence-corrected chi connectivity index (χ0v) is 19.5. The first-order chi connectivity index (χ1) is 15.7. The number of aromatic hydroxyl groups is 1. The second kappa shape index (κ2) is 11.3. The number of phenolic OH excluding ortho intramolecular Hbond substituents is 1. The van der Waals surface area contributed by atoms with Crippen LogP contribution >= 0.6 is 11.3 Å². The number of phenols is 1. The number of benzene rings is 1. The Morgan fingerprint density at radius 3 is 2.48 bits per heavy atom. The topological polar surface area (TPSA) is 141 Å². The van der Waals surface area contributed by atoms with Gasteiger partial charge >= 0.3 is 11.7 Å². The second-order valence-corrected chi connectivity index (χ2v) is 7.71. The first kappa shape index (κ1) is 25.6. The van der Waals surface area contributed by atoms with Gasteiger partial charge in [0.05, 0.1) is 29.2 Å². The van der Waals surface area contributed by atoms with Gasteiger partial charge in [-0.25, -0.2) is 4.79 Å². The second-order valence-electron chi connectivity index (χ2n) is 6.65. The number of ether oxygens (including phenoxy) is 2. The van der Waals surface area contributed by atoms with Gasteiger partial charge < -0.3 is 19.5 Å². The van der Waals surface area contributed by atoms with E-state index in [-0.39, 0.29) is 39.6 Å². The first-order valence-electron chi connectivity index (χ1n) is 10.1. The van der Waals surface area contributed by atoms with Crippen LogP contribution in [0.4, 0.5) is 5.69 Å². The number of nitro benzene ring substituents is 1. The number of rotatable bonds is 9. The van der Waals surface area contributed by atoms with Crippen LogP contribution in [-0.4, -0.2) is 58.2 Å². The number of aromatic nitrogens is 1. The summed E-state index contributed by atoms with van der Waals surface area (Å²) < 4.78 is 11.4. The van der Waals surface area contributed by atoms with Gasteiger partial charge in [-0.15, -0.1) is 11.3 Å². The molecule has 0 spiro atoms. The van der Waals surface area contributed by atoms with Crippen LogP contribution in [0, 0.1) is 10.1 Å². The van der Waals surface area contributed by atoms with Gasteiger partial charge in [-0.2, -0.15) is 0 Å². The van der Waals surface area contributed by atoms with E-state index in [0.29, 0.717) is 13.1 Å². The molecule has 33 heavy (non-hydrogen) atoms. The van der Waals surface area contributed by atoms with Crippen molar-refractivity contribution in [2.75, 3.05) is 26.8 Å². The molecular formula is C21H25N3O8S. The molecule has 0 atom stereocenters. The number of hydrogen-bond donors (Lipinski definition) is 1. The van der Waals surface area contributed by atoms with Crippen LogP contribution in [0.15, 0.2) is 16.9 Å². The van der Waals surface area contributed by atoms with Gasteiger partial charge in [-0.05, 0) is 38.5 Å². The van der Waals surface area contributed by atoms with Gasteiger partial charge in [0, 0.05) is 19.2 Å². The van der Waals surface area contributed by atoms with Gasteiger partial charge in [-0.3, -0.25) is 24.3 Å². The Morgan fingerprint density at radius 1 is 1.27 bits per heavy atom. The minimum absolute atomic E-state index is 0.125. The van der Waals surface area contributed by atoms with Crippen molar-refractivity contribution in [3.05, 3.63) is 47.4 Å². The fraction of sp³-hybridized carbons (Fsp3) is 0.381. The van der Waals surface area contributed by atoms with E-state index >= 15 is 0 Å². The van der Waals surface area contributed by atoms with Crippen LogP contribution in [0.5, 0.6) is 11.5 Å². The Morgan fingerprint density at radius 2 is 1.94 bits per heavy atom. The van der Waals surface area contributed by atoms with E-state index in [4.69, 9.17) is 9.47 Å². The van der Waals surface area contributed by atoms with Crippen molar-refractivity contribution >= 4 is 41.1 Å². The Hall–Kier alpha value is -3.67. The lowest BCUT2D eigenvalue weighted by Gasteiger charge is -2.18. The van der Waals surface area contributed by atoms with Gasteiger partial charge in [0.15, 0.2) is 5.75 Å². The molecule has 0 saturated carbocycles. The Labute approximate surface area is 192 Å². The van der Waals surface area contributed by atoms with Gasteiger partial charge in [0.1, 0.15) is 11.2 Å². The number of nitro groups is 1. The van der Waals surface area contributed by atoms with Crippen molar-refractivity contribution in [3.8, 4) is 11.5 Å². The number of carbonyl (C=O) groups is 2. The molecule has 0 unspecified atom stereocenters. The van der Waals surface area contributed by atoms with Gasteiger partial charge in [0.25, 0.3) is 5.56 Å². The van der Waals surface area contributed by atoms with Crippen LogP contribution < -0.4 is 19.5 Å². The first-order valence-corrected chi connectivity index (χ1v) is 10.9. The fourth-order valence-electron chi connectivity index (χ4n) is 3.03. The molecule has 0 aliphatic carbocycles. The highest BCUT2D eigenvalue weighted by Gasteiger charge is 2.20. The summed E-state index contributed by atoms with van der Waals surface area (Å²) in [4.78, 5) is 49.7. The Kier molecular flexibility index (Phi) is 8.74. The van der Waals surface area contributed by atoms with E-state index < -0.39 is 27.9 Å². The number of nitrogens with zero attached hydrogens (tertiary/aromatic N) is 3. The van der Waals surface area contributed by atoms with Crippen molar-refractivity contribution < 1.29 is 29.1 Å². The smallest absolute Gasteiger partial charge is 0.333 e. The van der Waals surface area contributed by atoms with Crippen molar-refractivity contribution in [2.24, 2.45) is 0 Å². The third-order valence-electron chi connectivity index (χ3n) is 4.67. The zero-order chi connectivity index (χ0) is 24.7. The lowest BCUT2D eigenvalue weighted by atomic mass is 10.1. The van der Waals surface area contributed by atoms with Crippen LogP contribution in [0.25, 0.3) is 12.2 Å². The number of thiazole rings is 1. The third-order valence-corrected chi connectivity index (χ3v) is 5.73. The monoisotopic (exact) mass is 479 g/mol. The molecule has 0 fully saturated rings. The zero-order valence-electron chi connectivity index (χ0n) is 18.7. The van der Waals surface area contributed by atoms with Crippen molar-refractivity contribution in [1.29, 1.82) is 0 Å². The summed E-state index contributed by atoms with van der Waals surface area (Å²) in [7, 11) is 1.24. The molecule has 0 aliphatic rings. The summed E-state index contributed by atoms with van der Waals surface area (Å²) in [6.45, 7) is 6.04. The van der Waals surface area contributed by atoms with Crippen molar-refractivity contribution in [2.45, 2.75) is 27.3 Å². The predicted octanol–water partition coefficient (Wildman–Crippen LogP) is 0.573. The Bertz CT molecular complexity index is 1230. The molecule has 12 heteroatoms. The minimum atomic E-state index is -0.773. The molecule has 1 aromatic heterocycles. The number of methoxy groups -OCH3 is 1. The number of hydrogen-bond acceptors (Lipinski definition) is 9. The SMILES string of the molecule is CCOC(=O)/C=c1\s/c(=C\c2cc(OC)c(O)c([N+](=O)[O-])c2)c(=O)n1CC(=O)N(CC)CC. The van der Waals surface area contributed by atoms with E-state index in [0.717, 1.165) is 23.5 Å². The molecule has 178 valence electrons. The van der Waals surface area contributed by atoms with Gasteiger partial charge in [-0.1, -0.05) is 0 Å². The highest BCUT2D eigenvalue weighted by Crippen LogP contribution is 2.36. The van der Waals surface area contributed by atoms with E-state index in [9.17, 15) is 29.6 Å².